The minimum Gasteiger partial charge on any atom is -0.322 e. The topological polar surface area (TPSA) is 92.3 Å². The van der Waals surface area contributed by atoms with Gasteiger partial charge in [0, 0.05) is 22.5 Å². The summed E-state index contributed by atoms with van der Waals surface area (Å²) in [5.41, 5.74) is 3.22. The fourth-order valence-electron chi connectivity index (χ4n) is 2.92. The van der Waals surface area contributed by atoms with Gasteiger partial charge in [0.05, 0.1) is 4.90 Å². The number of Topliss-reactive ketones (excluding diaryl/α,β-unsaturated/α-hetero) is 1. The molecule has 0 heterocycles. The molecule has 0 saturated heterocycles. The van der Waals surface area contributed by atoms with Crippen molar-refractivity contribution in [3.8, 4) is 0 Å². The molecule has 0 radical (unpaired) electrons. The lowest BCUT2D eigenvalue weighted by molar-refractivity contribution is 0.101. The number of anilines is 2. The van der Waals surface area contributed by atoms with Crippen LogP contribution in [0.4, 0.5) is 11.4 Å². The zero-order chi connectivity index (χ0) is 21.9. The molecule has 0 atom stereocenters. The molecule has 3 aromatic rings. The standard InChI is InChI=1S/C23H22N2O4S/c1-15-7-8-16(2)22(13-15)30(28,29)25-20-11-9-18(10-12-20)23(27)24-21-6-4-5-19(14-21)17(3)26/h4-14,25H,1-3H3,(H,24,27). The Balaban J connectivity index is 1.74. The van der Waals surface area contributed by atoms with Crippen molar-refractivity contribution < 1.29 is 18.0 Å². The van der Waals surface area contributed by atoms with Gasteiger partial charge in [0.1, 0.15) is 0 Å². The molecule has 1 amide bonds. The number of rotatable bonds is 6. The molecule has 6 nitrogen and oxygen atoms in total. The number of nitrogens with one attached hydrogen (secondary N) is 2. The molecule has 3 aromatic carbocycles. The molecule has 0 saturated carbocycles. The molecule has 154 valence electrons. The molecule has 0 aliphatic rings. The first-order valence-electron chi connectivity index (χ1n) is 9.28. The van der Waals surface area contributed by atoms with Gasteiger partial charge in [0.15, 0.2) is 5.78 Å². The van der Waals surface area contributed by atoms with Crippen molar-refractivity contribution in [3.63, 3.8) is 0 Å². The highest BCUT2D eigenvalue weighted by Crippen LogP contribution is 2.21. The summed E-state index contributed by atoms with van der Waals surface area (Å²) in [5, 5.41) is 2.73. The number of benzene rings is 3. The average molecular weight is 423 g/mol. The van der Waals surface area contributed by atoms with Crippen molar-refractivity contribution in [3.05, 3.63) is 89.0 Å². The van der Waals surface area contributed by atoms with Gasteiger partial charge >= 0.3 is 0 Å². The van der Waals surface area contributed by atoms with Crippen molar-refractivity contribution >= 4 is 33.1 Å². The van der Waals surface area contributed by atoms with E-state index in [-0.39, 0.29) is 16.6 Å². The fourth-order valence-corrected chi connectivity index (χ4v) is 4.31. The third kappa shape index (κ3) is 4.93. The third-order valence-corrected chi connectivity index (χ3v) is 6.08. The zero-order valence-electron chi connectivity index (χ0n) is 16.9. The molecule has 0 aliphatic carbocycles. The summed E-state index contributed by atoms with van der Waals surface area (Å²) in [4.78, 5) is 24.2. The predicted molar refractivity (Wildman–Crippen MR) is 118 cm³/mol. The second kappa shape index (κ2) is 8.51. The summed E-state index contributed by atoms with van der Waals surface area (Å²) in [7, 11) is -3.74. The van der Waals surface area contributed by atoms with Crippen molar-refractivity contribution in [2.45, 2.75) is 25.7 Å². The minimum absolute atomic E-state index is 0.0911. The van der Waals surface area contributed by atoms with E-state index in [0.29, 0.717) is 28.1 Å². The molecular formula is C23H22N2O4S. The van der Waals surface area contributed by atoms with Crippen LogP contribution in [-0.4, -0.2) is 20.1 Å². The zero-order valence-corrected chi connectivity index (χ0v) is 17.7. The normalized spacial score (nSPS) is 11.0. The smallest absolute Gasteiger partial charge is 0.262 e. The Morgan fingerprint density at radius 1 is 0.800 bits per heavy atom. The highest BCUT2D eigenvalue weighted by molar-refractivity contribution is 7.92. The Morgan fingerprint density at radius 3 is 2.17 bits per heavy atom. The van der Waals surface area contributed by atoms with Crippen LogP contribution in [0, 0.1) is 13.8 Å². The molecule has 0 spiro atoms. The lowest BCUT2D eigenvalue weighted by Gasteiger charge is -2.12. The molecule has 0 bridgehead atoms. The van der Waals surface area contributed by atoms with Gasteiger partial charge in [-0.2, -0.15) is 0 Å². The lowest BCUT2D eigenvalue weighted by atomic mass is 10.1. The minimum atomic E-state index is -3.74. The maximum Gasteiger partial charge on any atom is 0.262 e. The number of ketones is 1. The molecule has 0 fully saturated rings. The average Bonchev–Trinajstić information content (AvgIpc) is 2.70. The van der Waals surface area contributed by atoms with Crippen LogP contribution in [0.15, 0.2) is 71.6 Å². The van der Waals surface area contributed by atoms with Crippen LogP contribution in [-0.2, 0) is 10.0 Å². The van der Waals surface area contributed by atoms with Crippen LogP contribution in [0.5, 0.6) is 0 Å². The molecular weight excluding hydrogens is 400 g/mol. The largest absolute Gasteiger partial charge is 0.322 e. The molecule has 0 aliphatic heterocycles. The first-order chi connectivity index (χ1) is 14.2. The second-order valence-electron chi connectivity index (χ2n) is 7.04. The van der Waals surface area contributed by atoms with E-state index in [0.717, 1.165) is 5.56 Å². The van der Waals surface area contributed by atoms with Gasteiger partial charge in [0.25, 0.3) is 15.9 Å². The van der Waals surface area contributed by atoms with Crippen molar-refractivity contribution in [2.24, 2.45) is 0 Å². The first-order valence-corrected chi connectivity index (χ1v) is 10.8. The van der Waals surface area contributed by atoms with E-state index in [2.05, 4.69) is 10.0 Å². The Labute approximate surface area is 176 Å². The van der Waals surface area contributed by atoms with Crippen LogP contribution in [0.3, 0.4) is 0 Å². The fraction of sp³-hybridized carbons (Fsp3) is 0.130. The van der Waals surface area contributed by atoms with Gasteiger partial charge in [0.2, 0.25) is 0 Å². The number of hydrogen-bond donors (Lipinski definition) is 2. The van der Waals surface area contributed by atoms with E-state index < -0.39 is 10.0 Å². The summed E-state index contributed by atoms with van der Waals surface area (Å²) < 4.78 is 27.9. The van der Waals surface area contributed by atoms with E-state index in [9.17, 15) is 18.0 Å². The number of aryl methyl sites for hydroxylation is 2. The Morgan fingerprint density at radius 2 is 1.50 bits per heavy atom. The highest BCUT2D eigenvalue weighted by atomic mass is 32.2. The van der Waals surface area contributed by atoms with Crippen LogP contribution in [0.2, 0.25) is 0 Å². The Hall–Kier alpha value is -3.45. The summed E-state index contributed by atoms with van der Waals surface area (Å²) in [6.45, 7) is 5.03. The SMILES string of the molecule is CC(=O)c1cccc(NC(=O)c2ccc(NS(=O)(=O)c3cc(C)ccc3C)cc2)c1. The van der Waals surface area contributed by atoms with Gasteiger partial charge in [-0.25, -0.2) is 8.42 Å². The van der Waals surface area contributed by atoms with Crippen molar-refractivity contribution in [1.29, 1.82) is 0 Å². The summed E-state index contributed by atoms with van der Waals surface area (Å²) in [6, 6.07) is 18.0. The summed E-state index contributed by atoms with van der Waals surface area (Å²) >= 11 is 0. The second-order valence-corrected chi connectivity index (χ2v) is 8.69. The van der Waals surface area contributed by atoms with Gasteiger partial charge in [-0.05, 0) is 74.4 Å². The molecule has 2 N–H and O–H groups in total. The highest BCUT2D eigenvalue weighted by Gasteiger charge is 2.17. The van der Waals surface area contributed by atoms with E-state index in [1.807, 2.05) is 13.0 Å². The maximum atomic E-state index is 12.7. The van der Waals surface area contributed by atoms with Gasteiger partial charge in [-0.3, -0.25) is 14.3 Å². The van der Waals surface area contributed by atoms with Crippen molar-refractivity contribution in [2.75, 3.05) is 10.0 Å². The van der Waals surface area contributed by atoms with E-state index >= 15 is 0 Å². The van der Waals surface area contributed by atoms with Crippen LogP contribution in [0.25, 0.3) is 0 Å². The number of hydrogen-bond acceptors (Lipinski definition) is 4. The lowest BCUT2D eigenvalue weighted by Crippen LogP contribution is -2.15. The number of carbonyl (C=O) groups is 2. The Kier molecular flexibility index (Phi) is 6.03. The number of sulfonamides is 1. The predicted octanol–water partition coefficient (Wildman–Crippen LogP) is 4.56. The van der Waals surface area contributed by atoms with E-state index in [1.165, 1.54) is 31.2 Å². The van der Waals surface area contributed by atoms with Crippen LogP contribution < -0.4 is 10.0 Å². The first kappa shape index (κ1) is 21.3. The summed E-state index contributed by atoms with van der Waals surface area (Å²) in [5.74, 6) is -0.453. The Bertz CT molecular complexity index is 1220. The molecule has 0 aromatic heterocycles. The molecule has 0 unspecified atom stereocenters. The molecule has 3 rings (SSSR count). The monoisotopic (exact) mass is 422 g/mol. The van der Waals surface area contributed by atoms with E-state index in [1.54, 1.807) is 43.3 Å². The maximum absolute atomic E-state index is 12.7. The number of carbonyl (C=O) groups excluding carboxylic acids is 2. The van der Waals surface area contributed by atoms with Gasteiger partial charge in [-0.1, -0.05) is 24.3 Å². The van der Waals surface area contributed by atoms with Gasteiger partial charge < -0.3 is 5.32 Å². The van der Waals surface area contributed by atoms with E-state index in [4.69, 9.17) is 0 Å². The number of amides is 1. The van der Waals surface area contributed by atoms with Crippen molar-refractivity contribution in [1.82, 2.24) is 0 Å². The molecule has 30 heavy (non-hydrogen) atoms. The quantitative estimate of drug-likeness (QED) is 0.570. The molecule has 7 heteroatoms. The van der Waals surface area contributed by atoms with Crippen LogP contribution in [0.1, 0.15) is 38.8 Å². The third-order valence-electron chi connectivity index (χ3n) is 4.56. The van der Waals surface area contributed by atoms with Crippen LogP contribution >= 0.6 is 0 Å². The summed E-state index contributed by atoms with van der Waals surface area (Å²) in [6.07, 6.45) is 0. The van der Waals surface area contributed by atoms with Gasteiger partial charge in [-0.15, -0.1) is 0 Å².